The first-order valence-electron chi connectivity index (χ1n) is 3.55. The van der Waals surface area contributed by atoms with E-state index in [-0.39, 0.29) is 10.5 Å². The van der Waals surface area contributed by atoms with Crippen LogP contribution in [0.4, 0.5) is 4.79 Å². The van der Waals surface area contributed by atoms with Crippen molar-refractivity contribution in [3.8, 4) is 0 Å². The SMILES string of the molecule is C=CC(C)SC(=O)n1ccnc1. The lowest BCUT2D eigenvalue weighted by Gasteiger charge is -2.03. The minimum Gasteiger partial charge on any atom is -0.267 e. The predicted octanol–water partition coefficient (Wildman–Crippen LogP) is 2.16. The van der Waals surface area contributed by atoms with E-state index < -0.39 is 0 Å². The highest BCUT2D eigenvalue weighted by Gasteiger charge is 2.07. The van der Waals surface area contributed by atoms with Gasteiger partial charge in [0.05, 0.1) is 0 Å². The second-order valence-electron chi connectivity index (χ2n) is 2.29. The summed E-state index contributed by atoms with van der Waals surface area (Å²) in [6, 6.07) is 0. The lowest BCUT2D eigenvalue weighted by Crippen LogP contribution is -2.05. The summed E-state index contributed by atoms with van der Waals surface area (Å²) in [5.41, 5.74) is 0. The van der Waals surface area contributed by atoms with E-state index in [1.807, 2.05) is 6.92 Å². The van der Waals surface area contributed by atoms with E-state index in [1.165, 1.54) is 22.7 Å². The number of hydrogen-bond acceptors (Lipinski definition) is 3. The minimum absolute atomic E-state index is 0.0279. The Balaban J connectivity index is 2.55. The van der Waals surface area contributed by atoms with Gasteiger partial charge in [-0.1, -0.05) is 17.8 Å². The highest BCUT2D eigenvalue weighted by Crippen LogP contribution is 2.14. The van der Waals surface area contributed by atoms with E-state index in [4.69, 9.17) is 0 Å². The van der Waals surface area contributed by atoms with Crippen molar-refractivity contribution in [3.63, 3.8) is 0 Å². The van der Waals surface area contributed by atoms with E-state index in [1.54, 1.807) is 18.5 Å². The van der Waals surface area contributed by atoms with Crippen LogP contribution in [0.2, 0.25) is 0 Å². The summed E-state index contributed by atoms with van der Waals surface area (Å²) in [6.07, 6.45) is 6.44. The van der Waals surface area contributed by atoms with E-state index in [9.17, 15) is 4.79 Å². The van der Waals surface area contributed by atoms with Crippen LogP contribution >= 0.6 is 11.8 Å². The van der Waals surface area contributed by atoms with Gasteiger partial charge in [0.15, 0.2) is 0 Å². The zero-order chi connectivity index (χ0) is 8.97. The van der Waals surface area contributed by atoms with Crippen molar-refractivity contribution in [2.75, 3.05) is 0 Å². The molecule has 0 amide bonds. The van der Waals surface area contributed by atoms with Gasteiger partial charge in [0.25, 0.3) is 5.24 Å². The number of aromatic nitrogens is 2. The van der Waals surface area contributed by atoms with Gasteiger partial charge in [-0.3, -0.25) is 9.36 Å². The van der Waals surface area contributed by atoms with Crippen LogP contribution < -0.4 is 0 Å². The lowest BCUT2D eigenvalue weighted by atomic mass is 10.5. The molecule has 0 spiro atoms. The Kier molecular flexibility index (Phi) is 3.10. The maximum atomic E-state index is 11.3. The van der Waals surface area contributed by atoms with Crippen LogP contribution in [0.3, 0.4) is 0 Å². The molecule has 12 heavy (non-hydrogen) atoms. The number of thioether (sulfide) groups is 1. The fraction of sp³-hybridized carbons (Fsp3) is 0.250. The third-order valence-electron chi connectivity index (χ3n) is 1.33. The number of carbonyl (C=O) groups excluding carboxylic acids is 1. The molecule has 0 N–H and O–H groups in total. The fourth-order valence-corrected chi connectivity index (χ4v) is 1.28. The Hall–Kier alpha value is -1.03. The minimum atomic E-state index is -0.0279. The van der Waals surface area contributed by atoms with Gasteiger partial charge in [0, 0.05) is 17.6 Å². The molecule has 0 saturated carbocycles. The third-order valence-corrected chi connectivity index (χ3v) is 2.31. The van der Waals surface area contributed by atoms with Crippen LogP contribution in [-0.4, -0.2) is 20.0 Å². The molecule has 0 aromatic carbocycles. The molecule has 64 valence electrons. The summed E-state index contributed by atoms with van der Waals surface area (Å²) in [5.74, 6) is 0. The summed E-state index contributed by atoms with van der Waals surface area (Å²) in [4.78, 5) is 15.1. The molecule has 1 rings (SSSR count). The number of nitrogens with zero attached hydrogens (tertiary/aromatic N) is 2. The molecular weight excluding hydrogens is 172 g/mol. The molecule has 4 heteroatoms. The van der Waals surface area contributed by atoms with Gasteiger partial charge >= 0.3 is 0 Å². The van der Waals surface area contributed by atoms with Crippen molar-refractivity contribution < 1.29 is 4.79 Å². The van der Waals surface area contributed by atoms with Crippen molar-refractivity contribution >= 4 is 17.0 Å². The van der Waals surface area contributed by atoms with Gasteiger partial charge in [-0.15, -0.1) is 6.58 Å². The van der Waals surface area contributed by atoms with Crippen molar-refractivity contribution in [2.24, 2.45) is 0 Å². The van der Waals surface area contributed by atoms with Crippen LogP contribution in [0.15, 0.2) is 31.4 Å². The quantitative estimate of drug-likeness (QED) is 0.657. The standard InChI is InChI=1S/C8H10N2OS/c1-3-7(2)12-8(11)10-5-4-9-6-10/h3-7H,1H2,2H3. The van der Waals surface area contributed by atoms with Gasteiger partial charge < -0.3 is 0 Å². The molecule has 0 aliphatic carbocycles. The van der Waals surface area contributed by atoms with Crippen LogP contribution in [-0.2, 0) is 0 Å². The second-order valence-corrected chi connectivity index (χ2v) is 3.62. The maximum Gasteiger partial charge on any atom is 0.291 e. The van der Waals surface area contributed by atoms with Gasteiger partial charge in [-0.2, -0.15) is 0 Å². The zero-order valence-corrected chi connectivity index (χ0v) is 7.62. The lowest BCUT2D eigenvalue weighted by molar-refractivity contribution is 0.262. The number of rotatable bonds is 2. The molecule has 0 saturated heterocycles. The molecule has 1 aromatic heterocycles. The Morgan fingerprint density at radius 3 is 3.08 bits per heavy atom. The number of hydrogen-bond donors (Lipinski definition) is 0. The van der Waals surface area contributed by atoms with E-state index in [0.717, 1.165) is 0 Å². The predicted molar refractivity (Wildman–Crippen MR) is 50.3 cm³/mol. The molecule has 0 aliphatic heterocycles. The molecular formula is C8H10N2OS. The normalized spacial score (nSPS) is 12.4. The largest absolute Gasteiger partial charge is 0.291 e. The summed E-state index contributed by atoms with van der Waals surface area (Å²) >= 11 is 1.22. The summed E-state index contributed by atoms with van der Waals surface area (Å²) in [7, 11) is 0. The molecule has 0 bridgehead atoms. The average Bonchev–Trinajstić information content (AvgIpc) is 2.56. The first-order valence-corrected chi connectivity index (χ1v) is 4.43. The average molecular weight is 182 g/mol. The Bertz CT molecular complexity index is 269. The van der Waals surface area contributed by atoms with Crippen molar-refractivity contribution in [3.05, 3.63) is 31.4 Å². The molecule has 1 aromatic rings. The van der Waals surface area contributed by atoms with Crippen LogP contribution in [0.25, 0.3) is 0 Å². The molecule has 0 fully saturated rings. The molecule has 3 nitrogen and oxygen atoms in total. The van der Waals surface area contributed by atoms with E-state index in [2.05, 4.69) is 11.6 Å². The smallest absolute Gasteiger partial charge is 0.267 e. The van der Waals surface area contributed by atoms with Crippen LogP contribution in [0, 0.1) is 0 Å². The van der Waals surface area contributed by atoms with Gasteiger partial charge in [-0.05, 0) is 6.92 Å². The first kappa shape index (κ1) is 9.06. The Labute approximate surface area is 75.5 Å². The molecule has 1 atom stereocenters. The number of imidazole rings is 1. The van der Waals surface area contributed by atoms with E-state index in [0.29, 0.717) is 0 Å². The highest BCUT2D eigenvalue weighted by molar-refractivity contribution is 8.14. The maximum absolute atomic E-state index is 11.3. The zero-order valence-electron chi connectivity index (χ0n) is 6.80. The van der Waals surface area contributed by atoms with E-state index >= 15 is 0 Å². The van der Waals surface area contributed by atoms with Gasteiger partial charge in [0.1, 0.15) is 6.33 Å². The van der Waals surface area contributed by atoms with Crippen LogP contribution in [0.5, 0.6) is 0 Å². The van der Waals surface area contributed by atoms with Crippen molar-refractivity contribution in [1.82, 2.24) is 9.55 Å². The topological polar surface area (TPSA) is 34.9 Å². The molecule has 1 unspecified atom stereocenters. The van der Waals surface area contributed by atoms with Gasteiger partial charge in [0.2, 0.25) is 0 Å². The number of carbonyl (C=O) groups is 1. The Morgan fingerprint density at radius 1 is 1.83 bits per heavy atom. The van der Waals surface area contributed by atoms with Crippen molar-refractivity contribution in [1.29, 1.82) is 0 Å². The first-order chi connectivity index (χ1) is 5.74. The second kappa shape index (κ2) is 4.11. The monoisotopic (exact) mass is 182 g/mol. The molecule has 0 aliphatic rings. The molecule has 0 radical (unpaired) electrons. The summed E-state index contributed by atoms with van der Waals surface area (Å²) < 4.78 is 1.45. The van der Waals surface area contributed by atoms with Gasteiger partial charge in [-0.25, -0.2) is 4.98 Å². The highest BCUT2D eigenvalue weighted by atomic mass is 32.2. The van der Waals surface area contributed by atoms with Crippen molar-refractivity contribution in [2.45, 2.75) is 12.2 Å². The summed E-state index contributed by atoms with van der Waals surface area (Å²) in [5, 5.41) is 0.111. The fourth-order valence-electron chi connectivity index (χ4n) is 0.635. The third kappa shape index (κ3) is 2.23. The van der Waals surface area contributed by atoms with Crippen LogP contribution in [0.1, 0.15) is 6.92 Å². The Morgan fingerprint density at radius 2 is 2.58 bits per heavy atom. The molecule has 1 heterocycles. The summed E-state index contributed by atoms with van der Waals surface area (Å²) in [6.45, 7) is 5.52.